The van der Waals surface area contributed by atoms with E-state index in [0.717, 1.165) is 0 Å². The van der Waals surface area contributed by atoms with E-state index in [9.17, 15) is 4.79 Å². The van der Waals surface area contributed by atoms with Crippen molar-refractivity contribution < 1.29 is 15.0 Å². The fourth-order valence-electron chi connectivity index (χ4n) is 1.21. The van der Waals surface area contributed by atoms with E-state index in [-0.39, 0.29) is 11.7 Å². The van der Waals surface area contributed by atoms with Crippen LogP contribution in [0.4, 0.5) is 5.95 Å². The van der Waals surface area contributed by atoms with Crippen LogP contribution in [0.25, 0.3) is 0 Å². The number of carboxylic acid groups (broad SMARTS) is 1. The number of aliphatic hydroxyl groups excluding tert-OH is 1. The summed E-state index contributed by atoms with van der Waals surface area (Å²) in [5, 5.41) is 17.6. The molecule has 0 aromatic carbocycles. The molecule has 1 aliphatic rings. The molecular formula is C8H9N3O3. The second kappa shape index (κ2) is 3.22. The predicted molar refractivity (Wildman–Crippen MR) is 47.2 cm³/mol. The lowest BCUT2D eigenvalue weighted by Gasteiger charge is -2.35. The number of aromatic carboxylic acids is 1. The van der Waals surface area contributed by atoms with Gasteiger partial charge in [0.2, 0.25) is 5.95 Å². The Morgan fingerprint density at radius 1 is 1.43 bits per heavy atom. The molecule has 0 aliphatic carbocycles. The number of aliphatic hydroxyl groups is 1. The van der Waals surface area contributed by atoms with Crippen molar-refractivity contribution in [2.24, 2.45) is 0 Å². The molecule has 0 saturated carbocycles. The smallest absolute Gasteiger partial charge is 0.338 e. The predicted octanol–water partition coefficient (Wildman–Crippen LogP) is -0.644. The van der Waals surface area contributed by atoms with Gasteiger partial charge in [0, 0.05) is 25.5 Å². The summed E-state index contributed by atoms with van der Waals surface area (Å²) in [6.07, 6.45) is 2.20. The lowest BCUT2D eigenvalue weighted by Crippen LogP contribution is -2.51. The van der Waals surface area contributed by atoms with Crippen molar-refractivity contribution in [2.75, 3.05) is 18.0 Å². The maximum absolute atomic E-state index is 10.5. The topological polar surface area (TPSA) is 86.5 Å². The van der Waals surface area contributed by atoms with Gasteiger partial charge in [-0.1, -0.05) is 0 Å². The van der Waals surface area contributed by atoms with Gasteiger partial charge in [0.25, 0.3) is 0 Å². The zero-order valence-corrected chi connectivity index (χ0v) is 7.29. The van der Waals surface area contributed by atoms with E-state index in [1.807, 2.05) is 0 Å². The molecule has 14 heavy (non-hydrogen) atoms. The largest absolute Gasteiger partial charge is 0.478 e. The first kappa shape index (κ1) is 8.89. The molecule has 1 aromatic rings. The van der Waals surface area contributed by atoms with Crippen LogP contribution in [0.2, 0.25) is 0 Å². The van der Waals surface area contributed by atoms with Gasteiger partial charge in [0.05, 0.1) is 11.7 Å². The molecule has 6 heteroatoms. The number of anilines is 1. The number of nitrogens with zero attached hydrogens (tertiary/aromatic N) is 3. The number of hydrogen-bond donors (Lipinski definition) is 2. The minimum Gasteiger partial charge on any atom is -0.478 e. The van der Waals surface area contributed by atoms with E-state index in [1.54, 1.807) is 4.90 Å². The van der Waals surface area contributed by atoms with Gasteiger partial charge in [-0.3, -0.25) is 0 Å². The van der Waals surface area contributed by atoms with E-state index >= 15 is 0 Å². The number of hydrogen-bond acceptors (Lipinski definition) is 5. The Labute approximate surface area is 79.8 Å². The van der Waals surface area contributed by atoms with Crippen molar-refractivity contribution in [3.8, 4) is 0 Å². The average molecular weight is 195 g/mol. The minimum atomic E-state index is -1.04. The number of β-amino-alcohol motifs (C(OH)–C–C–N with tert-alkyl or cyclic N) is 1. The molecule has 6 nitrogen and oxygen atoms in total. The highest BCUT2D eigenvalue weighted by molar-refractivity contribution is 5.86. The maximum atomic E-state index is 10.5. The third kappa shape index (κ3) is 1.51. The summed E-state index contributed by atoms with van der Waals surface area (Å²) < 4.78 is 0. The van der Waals surface area contributed by atoms with E-state index in [4.69, 9.17) is 10.2 Å². The van der Waals surface area contributed by atoms with E-state index in [2.05, 4.69) is 9.97 Å². The van der Waals surface area contributed by atoms with E-state index < -0.39 is 5.97 Å². The van der Waals surface area contributed by atoms with Crippen LogP contribution in [0.15, 0.2) is 12.4 Å². The van der Waals surface area contributed by atoms with Crippen molar-refractivity contribution in [1.82, 2.24) is 9.97 Å². The zero-order valence-electron chi connectivity index (χ0n) is 7.29. The van der Waals surface area contributed by atoms with Gasteiger partial charge >= 0.3 is 5.97 Å². The van der Waals surface area contributed by atoms with Crippen LogP contribution >= 0.6 is 0 Å². The third-order valence-electron chi connectivity index (χ3n) is 2.03. The molecule has 1 saturated heterocycles. The lowest BCUT2D eigenvalue weighted by atomic mass is 10.2. The zero-order chi connectivity index (χ0) is 10.1. The molecule has 0 bridgehead atoms. The molecule has 0 unspecified atom stereocenters. The van der Waals surface area contributed by atoms with Crippen LogP contribution in [0.5, 0.6) is 0 Å². The van der Waals surface area contributed by atoms with E-state index in [1.165, 1.54) is 12.4 Å². The normalized spacial score (nSPS) is 16.5. The fourth-order valence-corrected chi connectivity index (χ4v) is 1.21. The van der Waals surface area contributed by atoms with Crippen LogP contribution in [0.1, 0.15) is 10.4 Å². The first-order valence-electron chi connectivity index (χ1n) is 4.15. The average Bonchev–Trinajstić information content (AvgIpc) is 2.13. The summed E-state index contributed by atoms with van der Waals surface area (Å²) in [4.78, 5) is 20.0. The second-order valence-corrected chi connectivity index (χ2v) is 3.14. The highest BCUT2D eigenvalue weighted by Gasteiger charge is 2.26. The molecule has 0 atom stereocenters. The number of carboxylic acids is 1. The first-order valence-corrected chi connectivity index (χ1v) is 4.15. The fraction of sp³-hybridized carbons (Fsp3) is 0.375. The monoisotopic (exact) mass is 195 g/mol. The number of carbonyl (C=O) groups is 1. The molecule has 2 N–H and O–H groups in total. The van der Waals surface area contributed by atoms with Crippen molar-refractivity contribution >= 4 is 11.9 Å². The van der Waals surface area contributed by atoms with Crippen LogP contribution < -0.4 is 4.90 Å². The van der Waals surface area contributed by atoms with Gasteiger partial charge in [-0.2, -0.15) is 0 Å². The van der Waals surface area contributed by atoms with Gasteiger partial charge in [-0.25, -0.2) is 14.8 Å². The van der Waals surface area contributed by atoms with Gasteiger partial charge in [0.15, 0.2) is 0 Å². The lowest BCUT2D eigenvalue weighted by molar-refractivity contribution is 0.0695. The minimum absolute atomic E-state index is 0.0646. The summed E-state index contributed by atoms with van der Waals surface area (Å²) in [5.41, 5.74) is 0.0646. The van der Waals surface area contributed by atoms with Gasteiger partial charge in [0.1, 0.15) is 0 Å². The highest BCUT2D eigenvalue weighted by atomic mass is 16.4. The van der Waals surface area contributed by atoms with Crippen LogP contribution in [-0.2, 0) is 0 Å². The summed E-state index contributed by atoms with van der Waals surface area (Å²) >= 11 is 0. The Bertz CT molecular complexity index is 345. The summed E-state index contributed by atoms with van der Waals surface area (Å²) in [6.45, 7) is 1.01. The summed E-state index contributed by atoms with van der Waals surface area (Å²) in [6, 6.07) is 0. The van der Waals surface area contributed by atoms with E-state index in [0.29, 0.717) is 19.0 Å². The maximum Gasteiger partial charge on any atom is 0.338 e. The molecule has 0 radical (unpaired) electrons. The molecule has 2 rings (SSSR count). The van der Waals surface area contributed by atoms with Crippen molar-refractivity contribution in [1.29, 1.82) is 0 Å². The quantitative estimate of drug-likeness (QED) is 0.652. The Morgan fingerprint density at radius 2 is 2.00 bits per heavy atom. The molecule has 2 heterocycles. The molecule has 0 amide bonds. The Kier molecular flexibility index (Phi) is 2.05. The highest BCUT2D eigenvalue weighted by Crippen LogP contribution is 2.15. The molecular weight excluding hydrogens is 186 g/mol. The van der Waals surface area contributed by atoms with Crippen molar-refractivity contribution in [3.63, 3.8) is 0 Å². The van der Waals surface area contributed by atoms with Gasteiger partial charge in [-0.15, -0.1) is 0 Å². The van der Waals surface area contributed by atoms with Gasteiger partial charge < -0.3 is 15.1 Å². The van der Waals surface area contributed by atoms with Crippen LogP contribution in [0, 0.1) is 0 Å². The number of aromatic nitrogens is 2. The van der Waals surface area contributed by atoms with Crippen molar-refractivity contribution in [3.05, 3.63) is 18.0 Å². The summed E-state index contributed by atoms with van der Waals surface area (Å²) in [5.74, 6) is -0.583. The SMILES string of the molecule is O=C(O)c1cnc(N2CC(O)C2)nc1. The van der Waals surface area contributed by atoms with Crippen LogP contribution in [0.3, 0.4) is 0 Å². The Morgan fingerprint density at radius 3 is 2.43 bits per heavy atom. The standard InChI is InChI=1S/C8H9N3O3/c12-6-3-11(4-6)8-9-1-5(2-10-8)7(13)14/h1-2,6,12H,3-4H2,(H,13,14). The third-order valence-corrected chi connectivity index (χ3v) is 2.03. The first-order chi connectivity index (χ1) is 6.66. The molecule has 1 fully saturated rings. The van der Waals surface area contributed by atoms with Crippen LogP contribution in [-0.4, -0.2) is 45.3 Å². The number of rotatable bonds is 2. The van der Waals surface area contributed by atoms with Crippen molar-refractivity contribution in [2.45, 2.75) is 6.10 Å². The molecule has 1 aromatic heterocycles. The molecule has 1 aliphatic heterocycles. The molecule has 0 spiro atoms. The second-order valence-electron chi connectivity index (χ2n) is 3.14. The Hall–Kier alpha value is -1.69. The van der Waals surface area contributed by atoms with Gasteiger partial charge in [-0.05, 0) is 0 Å². The molecule has 74 valence electrons. The Balaban J connectivity index is 2.10. The summed E-state index contributed by atoms with van der Waals surface area (Å²) in [7, 11) is 0.